The fourth-order valence-electron chi connectivity index (χ4n) is 2.44. The lowest BCUT2D eigenvalue weighted by molar-refractivity contribution is -0.165. The molecule has 9 heteroatoms. The molecule has 0 N–H and O–H groups in total. The van der Waals surface area contributed by atoms with Gasteiger partial charge in [0.1, 0.15) is 18.1 Å². The first-order valence-electron chi connectivity index (χ1n) is 7.82. The molecular formula is C17H19ClO7S. The number of carbonyl (C=O) groups is 3. The fraction of sp³-hybridized carbons (Fsp3) is 0.471. The summed E-state index contributed by atoms with van der Waals surface area (Å²) in [6.07, 6.45) is -2.55. The molecule has 1 saturated heterocycles. The summed E-state index contributed by atoms with van der Waals surface area (Å²) in [5.41, 5.74) is -0.691. The number of hydrogen-bond acceptors (Lipinski definition) is 8. The molecule has 0 saturated carbocycles. The predicted octanol–water partition coefficient (Wildman–Crippen LogP) is 2.58. The van der Waals surface area contributed by atoms with E-state index in [1.54, 1.807) is 18.2 Å². The molecule has 1 heterocycles. The molecule has 0 aliphatic carbocycles. The minimum absolute atomic E-state index is 0.134. The van der Waals surface area contributed by atoms with Crippen LogP contribution in [-0.2, 0) is 33.3 Å². The fourth-order valence-corrected chi connectivity index (χ4v) is 3.84. The maximum Gasteiger partial charge on any atom is 0.303 e. The van der Waals surface area contributed by atoms with Gasteiger partial charge in [0, 0.05) is 25.7 Å². The van der Waals surface area contributed by atoms with Gasteiger partial charge in [-0.2, -0.15) is 0 Å². The summed E-state index contributed by atoms with van der Waals surface area (Å²) < 4.78 is 21.5. The third-order valence-electron chi connectivity index (χ3n) is 3.40. The molecule has 1 aromatic carbocycles. The Kier molecular flexibility index (Phi) is 7.31. The first kappa shape index (κ1) is 20.5. The van der Waals surface area contributed by atoms with E-state index >= 15 is 0 Å². The molecule has 0 unspecified atom stereocenters. The Morgan fingerprint density at radius 1 is 1.04 bits per heavy atom. The number of esters is 3. The SMILES string of the molecule is CC(=O)OC[C@H]1O[C@@H](Sc2ccccc2Cl)[C@H](OC(C)=O)[C@@H]1OC(C)=O. The van der Waals surface area contributed by atoms with Crippen molar-refractivity contribution in [1.82, 2.24) is 0 Å². The smallest absolute Gasteiger partial charge is 0.303 e. The minimum Gasteiger partial charge on any atom is -0.463 e. The van der Waals surface area contributed by atoms with Crippen molar-refractivity contribution in [3.63, 3.8) is 0 Å². The molecule has 0 radical (unpaired) electrons. The molecular weight excluding hydrogens is 384 g/mol. The highest BCUT2D eigenvalue weighted by molar-refractivity contribution is 8.00. The maximum absolute atomic E-state index is 11.5. The molecule has 1 aromatic rings. The Morgan fingerprint density at radius 3 is 2.23 bits per heavy atom. The summed E-state index contributed by atoms with van der Waals surface area (Å²) in [4.78, 5) is 34.8. The zero-order valence-electron chi connectivity index (χ0n) is 14.5. The van der Waals surface area contributed by atoms with E-state index in [-0.39, 0.29) is 6.61 Å². The van der Waals surface area contributed by atoms with Crippen LogP contribution in [0.3, 0.4) is 0 Å². The zero-order valence-corrected chi connectivity index (χ0v) is 16.0. The van der Waals surface area contributed by atoms with Gasteiger partial charge in [0.25, 0.3) is 0 Å². The third kappa shape index (κ3) is 5.62. The van der Waals surface area contributed by atoms with E-state index in [1.807, 2.05) is 6.07 Å². The van der Waals surface area contributed by atoms with Gasteiger partial charge in [0.2, 0.25) is 0 Å². The second kappa shape index (κ2) is 9.25. The highest BCUT2D eigenvalue weighted by Crippen LogP contribution is 2.39. The number of hydrogen-bond donors (Lipinski definition) is 0. The first-order valence-corrected chi connectivity index (χ1v) is 9.08. The van der Waals surface area contributed by atoms with Crippen LogP contribution in [0.5, 0.6) is 0 Å². The average Bonchev–Trinajstić information content (AvgIpc) is 2.84. The largest absolute Gasteiger partial charge is 0.463 e. The summed E-state index contributed by atoms with van der Waals surface area (Å²) in [6.45, 7) is 3.61. The second-order valence-electron chi connectivity index (χ2n) is 5.54. The summed E-state index contributed by atoms with van der Waals surface area (Å²) in [5, 5.41) is 0.509. The topological polar surface area (TPSA) is 88.1 Å². The van der Waals surface area contributed by atoms with Crippen LogP contribution in [0, 0.1) is 0 Å². The quantitative estimate of drug-likeness (QED) is 0.530. The normalized spacial score (nSPS) is 24.8. The van der Waals surface area contributed by atoms with Gasteiger partial charge in [0.15, 0.2) is 12.2 Å². The molecule has 2 rings (SSSR count). The van der Waals surface area contributed by atoms with Gasteiger partial charge in [-0.15, -0.1) is 0 Å². The maximum atomic E-state index is 11.5. The van der Waals surface area contributed by atoms with E-state index in [0.717, 1.165) is 0 Å². The van der Waals surface area contributed by atoms with E-state index < -0.39 is 41.7 Å². The van der Waals surface area contributed by atoms with E-state index in [4.69, 9.17) is 30.5 Å². The van der Waals surface area contributed by atoms with Gasteiger partial charge >= 0.3 is 17.9 Å². The van der Waals surface area contributed by atoms with Gasteiger partial charge < -0.3 is 18.9 Å². The van der Waals surface area contributed by atoms with Crippen molar-refractivity contribution < 1.29 is 33.3 Å². The molecule has 1 fully saturated rings. The number of thioether (sulfide) groups is 1. The van der Waals surface area contributed by atoms with Crippen LogP contribution in [-0.4, -0.2) is 48.3 Å². The second-order valence-corrected chi connectivity index (χ2v) is 7.09. The lowest BCUT2D eigenvalue weighted by Gasteiger charge is -2.23. The van der Waals surface area contributed by atoms with E-state index in [2.05, 4.69) is 0 Å². The van der Waals surface area contributed by atoms with Gasteiger partial charge in [-0.3, -0.25) is 14.4 Å². The number of benzene rings is 1. The Bertz CT molecular complexity index is 681. The number of rotatable bonds is 6. The molecule has 142 valence electrons. The van der Waals surface area contributed by atoms with Crippen molar-refractivity contribution in [2.75, 3.05) is 6.61 Å². The number of ether oxygens (including phenoxy) is 4. The van der Waals surface area contributed by atoms with Gasteiger partial charge in [-0.05, 0) is 12.1 Å². The van der Waals surface area contributed by atoms with Crippen molar-refractivity contribution in [3.05, 3.63) is 29.3 Å². The number of carbonyl (C=O) groups excluding carboxylic acids is 3. The predicted molar refractivity (Wildman–Crippen MR) is 93.7 cm³/mol. The summed E-state index contributed by atoms with van der Waals surface area (Å²) in [7, 11) is 0. The van der Waals surface area contributed by atoms with Crippen molar-refractivity contribution >= 4 is 41.3 Å². The Balaban J connectivity index is 2.25. The molecule has 0 amide bonds. The average molecular weight is 403 g/mol. The molecule has 0 bridgehead atoms. The minimum atomic E-state index is -0.907. The molecule has 0 spiro atoms. The molecule has 1 aliphatic heterocycles. The van der Waals surface area contributed by atoms with Crippen LogP contribution < -0.4 is 0 Å². The standard InChI is InChI=1S/C17H19ClO7S/c1-9(19)22-8-13-15(23-10(2)20)16(24-11(3)21)17(25-13)26-14-7-5-4-6-12(14)18/h4-7,13,15-17H,8H2,1-3H3/t13-,15-,16-,17+/m1/s1. The van der Waals surface area contributed by atoms with Crippen LogP contribution >= 0.6 is 23.4 Å². The summed E-state index contributed by atoms with van der Waals surface area (Å²) in [6, 6.07) is 7.11. The van der Waals surface area contributed by atoms with Crippen molar-refractivity contribution in [2.45, 2.75) is 49.4 Å². The molecule has 26 heavy (non-hydrogen) atoms. The van der Waals surface area contributed by atoms with Crippen LogP contribution in [0.15, 0.2) is 29.2 Å². The lowest BCUT2D eigenvalue weighted by atomic mass is 10.1. The van der Waals surface area contributed by atoms with Gasteiger partial charge in [-0.1, -0.05) is 35.5 Å². The summed E-state index contributed by atoms with van der Waals surface area (Å²) >= 11 is 7.41. The first-order chi connectivity index (χ1) is 12.3. The molecule has 1 aliphatic rings. The van der Waals surface area contributed by atoms with Crippen molar-refractivity contribution in [3.8, 4) is 0 Å². The Morgan fingerprint density at radius 2 is 1.65 bits per heavy atom. The summed E-state index contributed by atoms with van der Waals surface area (Å²) in [5.74, 6) is -1.61. The highest BCUT2D eigenvalue weighted by atomic mass is 35.5. The lowest BCUT2D eigenvalue weighted by Crippen LogP contribution is -2.40. The monoisotopic (exact) mass is 402 g/mol. The Hall–Kier alpha value is -1.77. The van der Waals surface area contributed by atoms with Crippen LogP contribution in [0.2, 0.25) is 5.02 Å². The van der Waals surface area contributed by atoms with Crippen LogP contribution in [0.25, 0.3) is 0 Å². The van der Waals surface area contributed by atoms with Gasteiger partial charge in [0.05, 0.1) is 5.02 Å². The highest BCUT2D eigenvalue weighted by Gasteiger charge is 2.50. The van der Waals surface area contributed by atoms with E-state index in [0.29, 0.717) is 9.92 Å². The van der Waals surface area contributed by atoms with Crippen molar-refractivity contribution in [1.29, 1.82) is 0 Å². The van der Waals surface area contributed by atoms with E-state index in [9.17, 15) is 14.4 Å². The Labute approximate surface area is 160 Å². The van der Waals surface area contributed by atoms with Crippen LogP contribution in [0.4, 0.5) is 0 Å². The molecule has 4 atom stereocenters. The van der Waals surface area contributed by atoms with Crippen LogP contribution in [0.1, 0.15) is 20.8 Å². The van der Waals surface area contributed by atoms with E-state index in [1.165, 1.54) is 32.5 Å². The third-order valence-corrected chi connectivity index (χ3v) is 5.07. The number of halogens is 1. The van der Waals surface area contributed by atoms with Crippen molar-refractivity contribution in [2.24, 2.45) is 0 Å². The zero-order chi connectivity index (χ0) is 19.3. The van der Waals surface area contributed by atoms with Gasteiger partial charge in [-0.25, -0.2) is 0 Å². The molecule has 7 nitrogen and oxygen atoms in total. The molecule has 0 aromatic heterocycles.